The predicted molar refractivity (Wildman–Crippen MR) is 94.5 cm³/mol. The number of hydrogen-bond acceptors (Lipinski definition) is 5. The van der Waals surface area contributed by atoms with Gasteiger partial charge in [-0.3, -0.25) is 15.5 Å². The molecule has 2 aromatic heterocycles. The average Bonchev–Trinajstić information content (AvgIpc) is 3.27. The zero-order valence-corrected chi connectivity index (χ0v) is 13.5. The van der Waals surface area contributed by atoms with Crippen molar-refractivity contribution in [3.63, 3.8) is 0 Å². The first-order chi connectivity index (χ1) is 12.3. The number of hydrogen-bond donors (Lipinski definition) is 3. The van der Waals surface area contributed by atoms with Gasteiger partial charge in [-0.05, 0) is 11.1 Å². The van der Waals surface area contributed by atoms with Gasteiger partial charge in [-0.15, -0.1) is 10.2 Å². The van der Waals surface area contributed by atoms with E-state index in [0.717, 1.165) is 11.6 Å². The second kappa shape index (κ2) is 6.96. The van der Waals surface area contributed by atoms with Crippen LogP contribution in [0.5, 0.6) is 0 Å². The van der Waals surface area contributed by atoms with Crippen LogP contribution in [0.15, 0.2) is 60.7 Å². The topological polar surface area (TPSA) is 95.2 Å². The summed E-state index contributed by atoms with van der Waals surface area (Å²) in [4.78, 5) is 8.84. The van der Waals surface area contributed by atoms with Crippen molar-refractivity contribution in [3.05, 3.63) is 83.4 Å². The molecule has 0 bridgehead atoms. The Bertz CT molecular complexity index is 850. The maximum Gasteiger partial charge on any atom is 0.248 e. The lowest BCUT2D eigenvalue weighted by Crippen LogP contribution is -1.95. The second-order valence-corrected chi connectivity index (χ2v) is 5.66. The lowest BCUT2D eigenvalue weighted by molar-refractivity contribution is 0.971. The molecule has 0 fully saturated rings. The van der Waals surface area contributed by atoms with E-state index >= 15 is 0 Å². The van der Waals surface area contributed by atoms with Gasteiger partial charge in [-0.2, -0.15) is 9.97 Å². The molecule has 0 saturated carbocycles. The van der Waals surface area contributed by atoms with Gasteiger partial charge in [0.05, 0.1) is 0 Å². The molecule has 0 amide bonds. The molecule has 2 aromatic carbocycles. The number of benzene rings is 2. The molecular formula is C18H17N7. The quantitative estimate of drug-likeness (QED) is 0.505. The van der Waals surface area contributed by atoms with Gasteiger partial charge >= 0.3 is 0 Å². The summed E-state index contributed by atoms with van der Waals surface area (Å²) in [5.74, 6) is 2.48. The van der Waals surface area contributed by atoms with Gasteiger partial charge in [0.2, 0.25) is 11.9 Å². The Morgan fingerprint density at radius 2 is 1.08 bits per heavy atom. The lowest BCUT2D eigenvalue weighted by Gasteiger charge is -1.96. The van der Waals surface area contributed by atoms with Crippen molar-refractivity contribution in [2.24, 2.45) is 0 Å². The third-order valence-corrected chi connectivity index (χ3v) is 3.72. The summed E-state index contributed by atoms with van der Waals surface area (Å²) in [5, 5.41) is 17.2. The normalized spacial score (nSPS) is 10.7. The van der Waals surface area contributed by atoms with E-state index in [-0.39, 0.29) is 0 Å². The molecule has 7 nitrogen and oxygen atoms in total. The van der Waals surface area contributed by atoms with Gasteiger partial charge in [-0.1, -0.05) is 60.7 Å². The van der Waals surface area contributed by atoms with Crippen molar-refractivity contribution in [2.45, 2.75) is 12.8 Å². The highest BCUT2D eigenvalue weighted by atomic mass is 15.4. The van der Waals surface area contributed by atoms with Crippen LogP contribution in [-0.4, -0.2) is 30.4 Å². The van der Waals surface area contributed by atoms with Gasteiger partial charge in [0.15, 0.2) is 0 Å². The molecule has 25 heavy (non-hydrogen) atoms. The molecule has 0 spiro atoms. The third kappa shape index (κ3) is 3.89. The largest absolute Gasteiger partial charge is 0.290 e. The van der Waals surface area contributed by atoms with Crippen molar-refractivity contribution in [1.82, 2.24) is 30.4 Å². The van der Waals surface area contributed by atoms with Crippen molar-refractivity contribution >= 4 is 11.9 Å². The van der Waals surface area contributed by atoms with Crippen molar-refractivity contribution < 1.29 is 0 Å². The first-order valence-electron chi connectivity index (χ1n) is 8.02. The van der Waals surface area contributed by atoms with Crippen LogP contribution in [0.3, 0.4) is 0 Å². The molecule has 124 valence electrons. The van der Waals surface area contributed by atoms with E-state index in [9.17, 15) is 0 Å². The van der Waals surface area contributed by atoms with Crippen LogP contribution in [0.2, 0.25) is 0 Å². The number of aromatic amines is 2. The Morgan fingerprint density at radius 1 is 0.640 bits per heavy atom. The summed E-state index contributed by atoms with van der Waals surface area (Å²) in [6, 6.07) is 20.2. The maximum atomic E-state index is 4.42. The molecule has 4 aromatic rings. The highest BCUT2D eigenvalue weighted by Crippen LogP contribution is 2.11. The summed E-state index contributed by atoms with van der Waals surface area (Å²) in [6.45, 7) is 0. The van der Waals surface area contributed by atoms with Crippen molar-refractivity contribution in [2.75, 3.05) is 5.32 Å². The number of anilines is 2. The number of H-pyrrole nitrogens is 2. The molecule has 0 atom stereocenters. The SMILES string of the molecule is c1ccc(Cc2nc(Nc3n[nH]c(Cc4ccccc4)n3)n[nH]2)cc1. The van der Waals surface area contributed by atoms with Gasteiger partial charge in [0, 0.05) is 12.8 Å². The van der Waals surface area contributed by atoms with Crippen LogP contribution in [0, 0.1) is 0 Å². The molecule has 0 radical (unpaired) electrons. The minimum absolute atomic E-state index is 0.455. The predicted octanol–water partition coefficient (Wildman–Crippen LogP) is 2.85. The highest BCUT2D eigenvalue weighted by molar-refractivity contribution is 5.41. The van der Waals surface area contributed by atoms with E-state index in [1.807, 2.05) is 36.4 Å². The van der Waals surface area contributed by atoms with E-state index in [1.54, 1.807) is 0 Å². The first kappa shape index (κ1) is 15.1. The van der Waals surface area contributed by atoms with Gasteiger partial charge in [0.1, 0.15) is 11.6 Å². The number of nitrogens with zero attached hydrogens (tertiary/aromatic N) is 4. The van der Waals surface area contributed by atoms with Gasteiger partial charge in [-0.25, -0.2) is 0 Å². The van der Waals surface area contributed by atoms with E-state index in [1.165, 1.54) is 11.1 Å². The molecule has 0 aliphatic heterocycles. The van der Waals surface area contributed by atoms with E-state index in [0.29, 0.717) is 24.7 Å². The van der Waals surface area contributed by atoms with Crippen LogP contribution in [-0.2, 0) is 12.8 Å². The first-order valence-corrected chi connectivity index (χ1v) is 8.02. The molecule has 2 heterocycles. The summed E-state index contributed by atoms with van der Waals surface area (Å²) >= 11 is 0. The molecule has 7 heteroatoms. The minimum Gasteiger partial charge on any atom is -0.290 e. The van der Waals surface area contributed by atoms with Crippen LogP contribution in [0.25, 0.3) is 0 Å². The Morgan fingerprint density at radius 3 is 1.52 bits per heavy atom. The van der Waals surface area contributed by atoms with E-state index < -0.39 is 0 Å². The molecule has 0 aliphatic rings. The van der Waals surface area contributed by atoms with Crippen LogP contribution < -0.4 is 5.32 Å². The zero-order chi connectivity index (χ0) is 16.9. The lowest BCUT2D eigenvalue weighted by atomic mass is 10.1. The minimum atomic E-state index is 0.455. The fourth-order valence-corrected chi connectivity index (χ4v) is 2.54. The number of nitrogens with one attached hydrogen (secondary N) is 3. The second-order valence-electron chi connectivity index (χ2n) is 5.66. The van der Waals surface area contributed by atoms with Gasteiger partial charge < -0.3 is 0 Å². The summed E-state index contributed by atoms with van der Waals surface area (Å²) in [7, 11) is 0. The summed E-state index contributed by atoms with van der Waals surface area (Å²) in [5.41, 5.74) is 2.35. The molecule has 3 N–H and O–H groups in total. The fraction of sp³-hybridized carbons (Fsp3) is 0.111. The van der Waals surface area contributed by atoms with Crippen LogP contribution in [0.4, 0.5) is 11.9 Å². The Labute approximate surface area is 144 Å². The third-order valence-electron chi connectivity index (χ3n) is 3.72. The number of rotatable bonds is 6. The monoisotopic (exact) mass is 331 g/mol. The fourth-order valence-electron chi connectivity index (χ4n) is 2.54. The molecular weight excluding hydrogens is 314 g/mol. The standard InChI is InChI=1S/C18H17N7/c1-3-7-13(8-4-1)11-15-19-17(24-22-15)21-18-20-16(23-25-18)12-14-9-5-2-6-10-14/h1-10H,11-12H2,(H3,19,20,21,22,23,24,25). The molecule has 0 unspecified atom stereocenters. The Hall–Kier alpha value is -3.48. The maximum absolute atomic E-state index is 4.42. The highest BCUT2D eigenvalue weighted by Gasteiger charge is 2.08. The van der Waals surface area contributed by atoms with E-state index in [2.05, 4.69) is 59.9 Å². The van der Waals surface area contributed by atoms with Gasteiger partial charge in [0.25, 0.3) is 0 Å². The van der Waals surface area contributed by atoms with Crippen LogP contribution in [0.1, 0.15) is 22.8 Å². The Kier molecular flexibility index (Phi) is 4.20. The summed E-state index contributed by atoms with van der Waals surface area (Å²) in [6.07, 6.45) is 1.39. The smallest absolute Gasteiger partial charge is 0.248 e. The summed E-state index contributed by atoms with van der Waals surface area (Å²) < 4.78 is 0. The number of aromatic nitrogens is 6. The zero-order valence-electron chi connectivity index (χ0n) is 13.5. The molecule has 0 saturated heterocycles. The van der Waals surface area contributed by atoms with Crippen molar-refractivity contribution in [3.8, 4) is 0 Å². The average molecular weight is 331 g/mol. The van der Waals surface area contributed by atoms with E-state index in [4.69, 9.17) is 0 Å². The molecule has 0 aliphatic carbocycles. The molecule has 4 rings (SSSR count). The van der Waals surface area contributed by atoms with Crippen LogP contribution >= 0.6 is 0 Å². The Balaban J connectivity index is 1.39. The van der Waals surface area contributed by atoms with Crippen molar-refractivity contribution in [1.29, 1.82) is 0 Å².